The van der Waals surface area contributed by atoms with Gasteiger partial charge in [0.2, 0.25) is 0 Å². The Bertz CT molecular complexity index is 736. The summed E-state index contributed by atoms with van der Waals surface area (Å²) in [6, 6.07) is 2.91. The van der Waals surface area contributed by atoms with Crippen molar-refractivity contribution in [2.75, 3.05) is 4.72 Å². The van der Waals surface area contributed by atoms with E-state index in [1.54, 1.807) is 0 Å². The minimum atomic E-state index is -3.82. The molecular formula is C9H8ClN3O3S2. The lowest BCUT2D eigenvalue weighted by molar-refractivity contribution is 0.602. The lowest BCUT2D eigenvalue weighted by atomic mass is 10.5. The summed E-state index contributed by atoms with van der Waals surface area (Å²) in [4.78, 5) is 16.9. The predicted molar refractivity (Wildman–Crippen MR) is 69.7 cm³/mol. The summed E-state index contributed by atoms with van der Waals surface area (Å²) in [5.74, 6) is 0.0998. The number of H-pyrrole nitrogens is 1. The third-order valence-electron chi connectivity index (χ3n) is 1.99. The third kappa shape index (κ3) is 2.71. The number of sulfonamides is 1. The number of hydrogen-bond donors (Lipinski definition) is 2. The lowest BCUT2D eigenvalue weighted by Gasteiger charge is -2.05. The highest BCUT2D eigenvalue weighted by Gasteiger charge is 2.21. The van der Waals surface area contributed by atoms with Gasteiger partial charge in [0, 0.05) is 23.0 Å². The van der Waals surface area contributed by atoms with Crippen molar-refractivity contribution in [2.24, 2.45) is 0 Å². The Morgan fingerprint density at radius 1 is 1.50 bits per heavy atom. The Morgan fingerprint density at radius 2 is 2.22 bits per heavy atom. The SMILES string of the molecule is Cc1[nH]c(=O)sc1S(=O)(=O)Nc1cc(Cl)ccn1. The number of nitrogens with one attached hydrogen (secondary N) is 2. The summed E-state index contributed by atoms with van der Waals surface area (Å²) in [6.45, 7) is 1.51. The molecule has 2 heterocycles. The number of anilines is 1. The van der Waals surface area contributed by atoms with Crippen molar-refractivity contribution in [1.29, 1.82) is 0 Å². The van der Waals surface area contributed by atoms with Crippen LogP contribution in [0.5, 0.6) is 0 Å². The number of thiazole rings is 1. The van der Waals surface area contributed by atoms with Crippen molar-refractivity contribution in [3.63, 3.8) is 0 Å². The van der Waals surface area contributed by atoms with Gasteiger partial charge in [-0.15, -0.1) is 0 Å². The normalized spacial score (nSPS) is 11.4. The van der Waals surface area contributed by atoms with Gasteiger partial charge < -0.3 is 4.98 Å². The van der Waals surface area contributed by atoms with Crippen molar-refractivity contribution in [3.05, 3.63) is 38.7 Å². The predicted octanol–water partition coefficient (Wildman–Crippen LogP) is 1.59. The summed E-state index contributed by atoms with van der Waals surface area (Å²) >= 11 is 6.35. The van der Waals surface area contributed by atoms with Gasteiger partial charge in [0.05, 0.1) is 0 Å². The minimum Gasteiger partial charge on any atom is -0.315 e. The molecule has 0 fully saturated rings. The Labute approximate surface area is 112 Å². The Hall–Kier alpha value is -1.38. The fraction of sp³-hybridized carbons (Fsp3) is 0.111. The summed E-state index contributed by atoms with van der Waals surface area (Å²) < 4.78 is 26.2. The van der Waals surface area contributed by atoms with Crippen molar-refractivity contribution >= 4 is 38.8 Å². The quantitative estimate of drug-likeness (QED) is 0.901. The highest BCUT2D eigenvalue weighted by atomic mass is 35.5. The molecule has 0 amide bonds. The fourth-order valence-electron chi connectivity index (χ4n) is 1.29. The van der Waals surface area contributed by atoms with E-state index in [0.717, 1.165) is 0 Å². The maximum atomic E-state index is 12.0. The van der Waals surface area contributed by atoms with Gasteiger partial charge in [0.1, 0.15) is 5.82 Å². The van der Waals surface area contributed by atoms with Gasteiger partial charge >= 0.3 is 4.87 Å². The first-order valence-corrected chi connectivity index (χ1v) is 7.40. The number of aromatic nitrogens is 2. The molecule has 0 aliphatic heterocycles. The zero-order chi connectivity index (χ0) is 13.3. The molecule has 9 heteroatoms. The van der Waals surface area contributed by atoms with Gasteiger partial charge in [0.15, 0.2) is 4.21 Å². The molecule has 18 heavy (non-hydrogen) atoms. The molecule has 6 nitrogen and oxygen atoms in total. The highest BCUT2D eigenvalue weighted by Crippen LogP contribution is 2.20. The van der Waals surface area contributed by atoms with Crippen LogP contribution in [0, 0.1) is 6.92 Å². The summed E-state index contributed by atoms with van der Waals surface area (Å²) in [7, 11) is -3.82. The van der Waals surface area contributed by atoms with Crippen LogP contribution < -0.4 is 9.60 Å². The van der Waals surface area contributed by atoms with E-state index in [1.165, 1.54) is 25.3 Å². The summed E-state index contributed by atoms with van der Waals surface area (Å²) in [5.41, 5.74) is 0.291. The number of aromatic amines is 1. The van der Waals surface area contributed by atoms with E-state index in [9.17, 15) is 13.2 Å². The van der Waals surface area contributed by atoms with Crippen molar-refractivity contribution in [2.45, 2.75) is 11.1 Å². The first-order chi connectivity index (χ1) is 8.38. The smallest absolute Gasteiger partial charge is 0.306 e. The monoisotopic (exact) mass is 305 g/mol. The van der Waals surface area contributed by atoms with Gasteiger partial charge in [-0.05, 0) is 13.0 Å². The summed E-state index contributed by atoms with van der Waals surface area (Å²) in [5, 5.41) is 0.363. The lowest BCUT2D eigenvalue weighted by Crippen LogP contribution is -2.13. The molecule has 0 spiro atoms. The van der Waals surface area contributed by atoms with Crippen LogP contribution in [-0.4, -0.2) is 18.4 Å². The first kappa shape index (κ1) is 13.1. The molecule has 0 bridgehead atoms. The van der Waals surface area contributed by atoms with Crippen molar-refractivity contribution in [1.82, 2.24) is 9.97 Å². The van der Waals surface area contributed by atoms with Crippen LogP contribution in [-0.2, 0) is 10.0 Å². The van der Waals surface area contributed by atoms with Crippen molar-refractivity contribution < 1.29 is 8.42 Å². The van der Waals surface area contributed by atoms with E-state index in [0.29, 0.717) is 22.1 Å². The maximum absolute atomic E-state index is 12.0. The largest absolute Gasteiger partial charge is 0.315 e. The van der Waals surface area contributed by atoms with Crippen LogP contribution in [0.1, 0.15) is 5.69 Å². The number of rotatable bonds is 3. The van der Waals surface area contributed by atoms with Crippen LogP contribution in [0.4, 0.5) is 5.82 Å². The van der Waals surface area contributed by atoms with Gasteiger partial charge in [-0.3, -0.25) is 9.52 Å². The molecule has 0 aliphatic carbocycles. The second kappa shape index (κ2) is 4.71. The van der Waals surface area contributed by atoms with Crippen LogP contribution >= 0.6 is 22.9 Å². The van der Waals surface area contributed by atoms with Gasteiger partial charge in [-0.25, -0.2) is 13.4 Å². The van der Waals surface area contributed by atoms with E-state index >= 15 is 0 Å². The third-order valence-corrected chi connectivity index (χ3v) is 5.18. The minimum absolute atomic E-state index is 0.0609. The molecule has 0 radical (unpaired) electrons. The van der Waals surface area contributed by atoms with E-state index in [-0.39, 0.29) is 10.0 Å². The van der Waals surface area contributed by atoms with Crippen molar-refractivity contribution in [3.8, 4) is 0 Å². The molecule has 0 saturated carbocycles. The first-order valence-electron chi connectivity index (χ1n) is 4.72. The molecule has 0 saturated heterocycles. The molecule has 96 valence electrons. The molecule has 0 atom stereocenters. The van der Waals surface area contributed by atoms with Gasteiger partial charge in [-0.1, -0.05) is 22.9 Å². The number of pyridine rings is 1. The average Bonchev–Trinajstić information content (AvgIpc) is 2.58. The number of halogens is 1. The second-order valence-electron chi connectivity index (χ2n) is 3.39. The fourth-order valence-corrected chi connectivity index (χ4v) is 3.75. The van der Waals surface area contributed by atoms with Crippen LogP contribution in [0.25, 0.3) is 0 Å². The molecule has 2 rings (SSSR count). The summed E-state index contributed by atoms with van der Waals surface area (Å²) in [6.07, 6.45) is 1.38. The van der Waals surface area contributed by atoms with E-state index in [2.05, 4.69) is 14.7 Å². The van der Waals surface area contributed by atoms with E-state index in [1.807, 2.05) is 0 Å². The van der Waals surface area contributed by atoms with Gasteiger partial charge in [-0.2, -0.15) is 0 Å². The number of aryl methyl sites for hydroxylation is 1. The second-order valence-corrected chi connectivity index (χ2v) is 6.69. The Balaban J connectivity index is 2.39. The zero-order valence-corrected chi connectivity index (χ0v) is 11.5. The highest BCUT2D eigenvalue weighted by molar-refractivity contribution is 7.94. The molecule has 2 aromatic rings. The topological polar surface area (TPSA) is 91.9 Å². The molecule has 0 unspecified atom stereocenters. The number of nitrogens with zero attached hydrogens (tertiary/aromatic N) is 1. The van der Waals surface area contributed by atoms with Gasteiger partial charge in [0.25, 0.3) is 10.0 Å². The molecule has 0 aliphatic rings. The molecule has 0 aromatic carbocycles. The van der Waals surface area contributed by atoms with E-state index < -0.39 is 14.9 Å². The van der Waals surface area contributed by atoms with E-state index in [4.69, 9.17) is 11.6 Å². The Kier molecular flexibility index (Phi) is 3.42. The van der Waals surface area contributed by atoms with Crippen LogP contribution in [0.15, 0.2) is 27.3 Å². The molecule has 2 aromatic heterocycles. The maximum Gasteiger partial charge on any atom is 0.306 e. The molecule has 2 N–H and O–H groups in total. The standard InChI is InChI=1S/C9H8ClN3O3S2/c1-5-8(17-9(14)12-5)18(15,16)13-7-4-6(10)2-3-11-7/h2-4H,1H3,(H,11,13)(H,12,14). The Morgan fingerprint density at radius 3 is 2.78 bits per heavy atom. The number of hydrogen-bond acceptors (Lipinski definition) is 5. The zero-order valence-electron chi connectivity index (χ0n) is 9.10. The van der Waals surface area contributed by atoms with Crippen LogP contribution in [0.3, 0.4) is 0 Å². The van der Waals surface area contributed by atoms with Crippen LogP contribution in [0.2, 0.25) is 5.02 Å². The molecular weight excluding hydrogens is 298 g/mol. The average molecular weight is 306 g/mol.